The van der Waals surface area contributed by atoms with E-state index in [1.807, 2.05) is 0 Å². The fourth-order valence-corrected chi connectivity index (χ4v) is 2.21. The molecule has 4 unspecified atom stereocenters. The van der Waals surface area contributed by atoms with Crippen molar-refractivity contribution >= 4 is 0 Å². The molecular formula is C12H22O3. The first kappa shape index (κ1) is 11.4. The fraction of sp³-hybridized carbons (Fsp3) is 1.00. The Bertz CT molecular complexity index is 175. The lowest BCUT2D eigenvalue weighted by Crippen LogP contribution is -2.21. The van der Waals surface area contributed by atoms with Crippen molar-refractivity contribution in [2.24, 2.45) is 23.7 Å². The monoisotopic (exact) mass is 214 g/mol. The summed E-state index contributed by atoms with van der Waals surface area (Å²) >= 11 is 0. The van der Waals surface area contributed by atoms with Gasteiger partial charge in [-0.1, -0.05) is 13.8 Å². The second-order valence-corrected chi connectivity index (χ2v) is 5.09. The van der Waals surface area contributed by atoms with Crippen molar-refractivity contribution in [3.8, 4) is 0 Å². The Morgan fingerprint density at radius 1 is 0.867 bits per heavy atom. The van der Waals surface area contributed by atoms with Gasteiger partial charge in [0.1, 0.15) is 0 Å². The smallest absolute Gasteiger partial charge is 0.0519 e. The van der Waals surface area contributed by atoms with Crippen LogP contribution in [-0.4, -0.2) is 39.6 Å². The maximum absolute atomic E-state index is 5.78. The molecular weight excluding hydrogens is 192 g/mol. The first-order valence-corrected chi connectivity index (χ1v) is 6.00. The van der Waals surface area contributed by atoms with Crippen molar-refractivity contribution < 1.29 is 14.2 Å². The van der Waals surface area contributed by atoms with Gasteiger partial charge in [0.15, 0.2) is 0 Å². The van der Waals surface area contributed by atoms with Crippen molar-refractivity contribution in [3.63, 3.8) is 0 Å². The number of rotatable bonds is 4. The third-order valence-corrected chi connectivity index (χ3v) is 3.70. The highest BCUT2D eigenvalue weighted by Crippen LogP contribution is 2.23. The summed E-state index contributed by atoms with van der Waals surface area (Å²) < 4.78 is 16.6. The quantitative estimate of drug-likeness (QED) is 0.711. The summed E-state index contributed by atoms with van der Waals surface area (Å²) in [6.07, 6.45) is 0. The lowest BCUT2D eigenvalue weighted by atomic mass is 9.98. The SMILES string of the molecule is CC1COCC1COCC1COCC1C. The molecule has 0 aliphatic carbocycles. The van der Waals surface area contributed by atoms with Crippen LogP contribution < -0.4 is 0 Å². The molecule has 0 radical (unpaired) electrons. The van der Waals surface area contributed by atoms with Crippen LogP contribution in [0.25, 0.3) is 0 Å². The second kappa shape index (κ2) is 5.28. The summed E-state index contributed by atoms with van der Waals surface area (Å²) in [6.45, 7) is 9.73. The lowest BCUT2D eigenvalue weighted by Gasteiger charge is -2.17. The van der Waals surface area contributed by atoms with E-state index in [1.54, 1.807) is 0 Å². The van der Waals surface area contributed by atoms with E-state index in [-0.39, 0.29) is 0 Å². The molecule has 0 spiro atoms. The highest BCUT2D eigenvalue weighted by molar-refractivity contribution is 4.73. The Kier molecular flexibility index (Phi) is 4.00. The maximum atomic E-state index is 5.78. The van der Waals surface area contributed by atoms with Gasteiger partial charge >= 0.3 is 0 Å². The highest BCUT2D eigenvalue weighted by atomic mass is 16.5. The Hall–Kier alpha value is -0.120. The van der Waals surface area contributed by atoms with Gasteiger partial charge in [0.2, 0.25) is 0 Å². The summed E-state index contributed by atoms with van der Waals surface area (Å²) in [5.74, 6) is 2.51. The van der Waals surface area contributed by atoms with E-state index in [1.165, 1.54) is 0 Å². The van der Waals surface area contributed by atoms with Gasteiger partial charge in [0.25, 0.3) is 0 Å². The molecule has 2 rings (SSSR count). The first-order chi connectivity index (χ1) is 7.27. The Balaban J connectivity index is 1.62. The third kappa shape index (κ3) is 2.92. The zero-order chi connectivity index (χ0) is 10.7. The second-order valence-electron chi connectivity index (χ2n) is 5.09. The summed E-state index contributed by atoms with van der Waals surface area (Å²) in [7, 11) is 0. The van der Waals surface area contributed by atoms with Gasteiger partial charge in [-0.05, 0) is 11.8 Å². The van der Waals surface area contributed by atoms with E-state index in [2.05, 4.69) is 13.8 Å². The summed E-state index contributed by atoms with van der Waals surface area (Å²) in [5, 5.41) is 0. The van der Waals surface area contributed by atoms with Gasteiger partial charge in [-0.2, -0.15) is 0 Å². The number of ether oxygens (including phenoxy) is 3. The molecule has 2 heterocycles. The van der Waals surface area contributed by atoms with Crippen LogP contribution in [0, 0.1) is 23.7 Å². The molecule has 3 heteroatoms. The Labute approximate surface area is 92.1 Å². The molecule has 2 fully saturated rings. The van der Waals surface area contributed by atoms with Gasteiger partial charge in [-0.25, -0.2) is 0 Å². The van der Waals surface area contributed by atoms with Crippen molar-refractivity contribution in [1.29, 1.82) is 0 Å². The van der Waals surface area contributed by atoms with Gasteiger partial charge in [0, 0.05) is 25.0 Å². The molecule has 2 aliphatic heterocycles. The van der Waals surface area contributed by atoms with Gasteiger partial charge < -0.3 is 14.2 Å². The van der Waals surface area contributed by atoms with Crippen molar-refractivity contribution in [1.82, 2.24) is 0 Å². The molecule has 0 bridgehead atoms. The van der Waals surface area contributed by atoms with Crippen LogP contribution in [0.15, 0.2) is 0 Å². The molecule has 0 N–H and O–H groups in total. The first-order valence-electron chi connectivity index (χ1n) is 6.00. The molecule has 15 heavy (non-hydrogen) atoms. The van der Waals surface area contributed by atoms with Crippen LogP contribution >= 0.6 is 0 Å². The molecule has 3 nitrogen and oxygen atoms in total. The Morgan fingerprint density at radius 2 is 1.33 bits per heavy atom. The fourth-order valence-electron chi connectivity index (χ4n) is 2.21. The standard InChI is InChI=1S/C12H22O3/c1-9-3-13-5-11(9)7-15-8-12-6-14-4-10(12)2/h9-12H,3-8H2,1-2H3. The van der Waals surface area contributed by atoms with E-state index in [0.29, 0.717) is 23.7 Å². The summed E-state index contributed by atoms with van der Waals surface area (Å²) in [4.78, 5) is 0. The van der Waals surface area contributed by atoms with E-state index < -0.39 is 0 Å². The van der Waals surface area contributed by atoms with Crippen LogP contribution in [0.5, 0.6) is 0 Å². The lowest BCUT2D eigenvalue weighted by molar-refractivity contribution is 0.0509. The molecule has 0 aromatic carbocycles. The molecule has 0 saturated carbocycles. The average Bonchev–Trinajstić information content (AvgIpc) is 2.78. The summed E-state index contributed by atoms with van der Waals surface area (Å²) in [6, 6.07) is 0. The van der Waals surface area contributed by atoms with Crippen LogP contribution in [0.1, 0.15) is 13.8 Å². The predicted molar refractivity (Wildman–Crippen MR) is 57.8 cm³/mol. The zero-order valence-electron chi connectivity index (χ0n) is 9.78. The molecule has 88 valence electrons. The molecule has 2 saturated heterocycles. The zero-order valence-corrected chi connectivity index (χ0v) is 9.78. The minimum absolute atomic E-state index is 0.600. The molecule has 4 atom stereocenters. The van der Waals surface area contributed by atoms with Gasteiger partial charge in [-0.15, -0.1) is 0 Å². The van der Waals surface area contributed by atoms with E-state index in [4.69, 9.17) is 14.2 Å². The van der Waals surface area contributed by atoms with Crippen LogP contribution in [0.4, 0.5) is 0 Å². The van der Waals surface area contributed by atoms with E-state index in [0.717, 1.165) is 39.6 Å². The van der Waals surface area contributed by atoms with Crippen molar-refractivity contribution in [2.75, 3.05) is 39.6 Å². The minimum Gasteiger partial charge on any atom is -0.381 e. The maximum Gasteiger partial charge on any atom is 0.0519 e. The molecule has 0 aromatic heterocycles. The Morgan fingerprint density at radius 3 is 1.67 bits per heavy atom. The molecule has 0 amide bonds. The minimum atomic E-state index is 0.600. The largest absolute Gasteiger partial charge is 0.381 e. The molecule has 2 aliphatic rings. The van der Waals surface area contributed by atoms with Crippen molar-refractivity contribution in [2.45, 2.75) is 13.8 Å². The van der Waals surface area contributed by atoms with E-state index in [9.17, 15) is 0 Å². The predicted octanol–water partition coefficient (Wildman–Crippen LogP) is 1.57. The van der Waals surface area contributed by atoms with Crippen molar-refractivity contribution in [3.05, 3.63) is 0 Å². The van der Waals surface area contributed by atoms with Crippen LogP contribution in [0.3, 0.4) is 0 Å². The van der Waals surface area contributed by atoms with E-state index >= 15 is 0 Å². The van der Waals surface area contributed by atoms with Gasteiger partial charge in [0.05, 0.1) is 26.4 Å². The highest BCUT2D eigenvalue weighted by Gasteiger charge is 2.27. The average molecular weight is 214 g/mol. The third-order valence-electron chi connectivity index (χ3n) is 3.70. The summed E-state index contributed by atoms with van der Waals surface area (Å²) in [5.41, 5.74) is 0. The normalized spacial score (nSPS) is 41.2. The number of hydrogen-bond acceptors (Lipinski definition) is 3. The van der Waals surface area contributed by atoms with Crippen LogP contribution in [-0.2, 0) is 14.2 Å². The molecule has 0 aromatic rings. The topological polar surface area (TPSA) is 27.7 Å². The van der Waals surface area contributed by atoms with Crippen LogP contribution in [0.2, 0.25) is 0 Å². The number of hydrogen-bond donors (Lipinski definition) is 0. The van der Waals surface area contributed by atoms with Gasteiger partial charge in [-0.3, -0.25) is 0 Å².